The minimum Gasteiger partial charge on any atom is -0.490 e. The smallest absolute Gasteiger partial charge is 0.266 e. The van der Waals surface area contributed by atoms with Crippen LogP contribution < -0.4 is 9.47 Å². The number of likely N-dealkylation sites (N-methyl/N-ethyl adjacent to an activating group) is 1. The van der Waals surface area contributed by atoms with Gasteiger partial charge >= 0.3 is 0 Å². The summed E-state index contributed by atoms with van der Waals surface area (Å²) in [5, 5.41) is 10.00. The van der Waals surface area contributed by atoms with Gasteiger partial charge in [-0.15, -0.1) is 0 Å². The molecule has 1 aliphatic heterocycles. The predicted octanol–water partition coefficient (Wildman–Crippen LogP) is 4.85. The van der Waals surface area contributed by atoms with E-state index < -0.39 is 0 Å². The fourth-order valence-corrected chi connectivity index (χ4v) is 4.21. The van der Waals surface area contributed by atoms with E-state index in [1.165, 1.54) is 11.8 Å². The van der Waals surface area contributed by atoms with Gasteiger partial charge in [-0.2, -0.15) is 5.26 Å². The lowest BCUT2D eigenvalue weighted by atomic mass is 10.1. The molecule has 3 rings (SSSR count). The number of aliphatic imine (C=N–C) groups is 1. The van der Waals surface area contributed by atoms with Crippen LogP contribution in [0.5, 0.6) is 11.5 Å². The van der Waals surface area contributed by atoms with E-state index in [1.54, 1.807) is 11.0 Å². The second-order valence-corrected chi connectivity index (χ2v) is 7.62. The topological polar surface area (TPSA) is 74.9 Å². The van der Waals surface area contributed by atoms with Gasteiger partial charge in [0.25, 0.3) is 5.91 Å². The van der Waals surface area contributed by atoms with Crippen molar-refractivity contribution >= 4 is 28.9 Å². The standard InChI is InChI=1S/C24H25N3O3S/c1-4-26-24-27(5-2)23(28)22(31-24)14-17-11-12-20(21(13-17)29-6-3)30-16-19-10-8-7-9-18(19)15-25/h7-14H,4-6,16H2,1-3H3/b22-14+,26-24?. The Kier molecular flexibility index (Phi) is 7.74. The van der Waals surface area contributed by atoms with Crippen LogP contribution in [-0.4, -0.2) is 35.7 Å². The molecule has 2 aromatic carbocycles. The third-order valence-corrected chi connectivity index (χ3v) is 5.63. The van der Waals surface area contributed by atoms with Gasteiger partial charge in [-0.05, 0) is 62.4 Å². The van der Waals surface area contributed by atoms with Gasteiger partial charge in [-0.1, -0.05) is 24.3 Å². The van der Waals surface area contributed by atoms with E-state index in [1.807, 2.05) is 63.2 Å². The molecule has 0 aliphatic carbocycles. The first-order valence-corrected chi connectivity index (χ1v) is 11.1. The number of amides is 1. The monoisotopic (exact) mass is 435 g/mol. The molecule has 31 heavy (non-hydrogen) atoms. The van der Waals surface area contributed by atoms with Gasteiger partial charge in [-0.3, -0.25) is 14.7 Å². The number of hydrogen-bond donors (Lipinski definition) is 0. The number of thioether (sulfide) groups is 1. The second kappa shape index (κ2) is 10.7. The first-order valence-electron chi connectivity index (χ1n) is 10.2. The first-order chi connectivity index (χ1) is 15.1. The summed E-state index contributed by atoms with van der Waals surface area (Å²) in [5.41, 5.74) is 2.25. The highest BCUT2D eigenvalue weighted by Gasteiger charge is 2.31. The van der Waals surface area contributed by atoms with E-state index >= 15 is 0 Å². The Bertz CT molecular complexity index is 1060. The lowest BCUT2D eigenvalue weighted by Crippen LogP contribution is -2.28. The fraction of sp³-hybridized carbons (Fsp3) is 0.292. The Hall–Kier alpha value is -3.24. The first kappa shape index (κ1) is 22.4. The van der Waals surface area contributed by atoms with E-state index in [-0.39, 0.29) is 12.5 Å². The SMILES string of the molecule is CCN=C1S/C(=C/c2ccc(OCc3ccccc3C#N)c(OCC)c2)C(=O)N1CC. The zero-order valence-electron chi connectivity index (χ0n) is 17.9. The van der Waals surface area contributed by atoms with Crippen molar-refractivity contribution in [2.24, 2.45) is 4.99 Å². The van der Waals surface area contributed by atoms with Crippen molar-refractivity contribution in [3.8, 4) is 17.6 Å². The maximum absolute atomic E-state index is 12.7. The van der Waals surface area contributed by atoms with Gasteiger partial charge < -0.3 is 9.47 Å². The van der Waals surface area contributed by atoms with Crippen LogP contribution in [0, 0.1) is 11.3 Å². The Balaban J connectivity index is 1.83. The van der Waals surface area contributed by atoms with Crippen molar-refractivity contribution in [2.45, 2.75) is 27.4 Å². The normalized spacial score (nSPS) is 16.1. The van der Waals surface area contributed by atoms with E-state index in [2.05, 4.69) is 11.1 Å². The molecule has 1 amide bonds. The number of amidine groups is 1. The molecule has 1 aliphatic rings. The lowest BCUT2D eigenvalue weighted by molar-refractivity contribution is -0.122. The molecule has 0 atom stereocenters. The Morgan fingerprint density at radius 2 is 1.94 bits per heavy atom. The van der Waals surface area contributed by atoms with Gasteiger partial charge in [0.1, 0.15) is 6.61 Å². The summed E-state index contributed by atoms with van der Waals surface area (Å²) in [7, 11) is 0. The quantitative estimate of drug-likeness (QED) is 0.554. The van der Waals surface area contributed by atoms with Crippen molar-refractivity contribution in [2.75, 3.05) is 19.7 Å². The summed E-state index contributed by atoms with van der Waals surface area (Å²) in [5.74, 6) is 1.15. The van der Waals surface area contributed by atoms with Crippen LogP contribution in [0.3, 0.4) is 0 Å². The van der Waals surface area contributed by atoms with Crippen LogP contribution in [0.4, 0.5) is 0 Å². The third-order valence-electron chi connectivity index (χ3n) is 4.58. The molecule has 0 radical (unpaired) electrons. The number of ether oxygens (including phenoxy) is 2. The van der Waals surface area contributed by atoms with Gasteiger partial charge in [0.05, 0.1) is 23.1 Å². The molecule has 6 nitrogen and oxygen atoms in total. The highest BCUT2D eigenvalue weighted by molar-refractivity contribution is 8.18. The van der Waals surface area contributed by atoms with Gasteiger partial charge in [0, 0.05) is 18.7 Å². The van der Waals surface area contributed by atoms with Crippen molar-refractivity contribution in [3.63, 3.8) is 0 Å². The number of nitrogens with zero attached hydrogens (tertiary/aromatic N) is 3. The summed E-state index contributed by atoms with van der Waals surface area (Å²) < 4.78 is 11.7. The molecule has 0 N–H and O–H groups in total. The van der Waals surface area contributed by atoms with Gasteiger partial charge in [0.2, 0.25) is 0 Å². The molecule has 0 saturated carbocycles. The number of hydrogen-bond acceptors (Lipinski definition) is 6. The molecule has 0 spiro atoms. The van der Waals surface area contributed by atoms with E-state index in [4.69, 9.17) is 9.47 Å². The minimum atomic E-state index is -0.0360. The fourth-order valence-electron chi connectivity index (χ4n) is 3.10. The number of carbonyl (C=O) groups is 1. The molecule has 7 heteroatoms. The summed E-state index contributed by atoms with van der Waals surface area (Å²) in [6.45, 7) is 7.77. The molecule has 1 fully saturated rings. The highest BCUT2D eigenvalue weighted by Crippen LogP contribution is 2.35. The molecule has 0 unspecified atom stereocenters. The van der Waals surface area contributed by atoms with E-state index in [9.17, 15) is 10.1 Å². The third kappa shape index (κ3) is 5.28. The summed E-state index contributed by atoms with van der Waals surface area (Å²) in [4.78, 5) is 19.4. The molecule has 0 aromatic heterocycles. The molecular weight excluding hydrogens is 410 g/mol. The van der Waals surface area contributed by atoms with Crippen molar-refractivity contribution < 1.29 is 14.3 Å². The van der Waals surface area contributed by atoms with Crippen molar-refractivity contribution in [1.29, 1.82) is 5.26 Å². The van der Waals surface area contributed by atoms with Crippen LogP contribution in [0.1, 0.15) is 37.5 Å². The average Bonchev–Trinajstić information content (AvgIpc) is 3.07. The molecule has 1 heterocycles. The van der Waals surface area contributed by atoms with E-state index in [0.29, 0.717) is 41.7 Å². The average molecular weight is 436 g/mol. The molecule has 2 aromatic rings. The zero-order valence-corrected chi connectivity index (χ0v) is 18.7. The summed E-state index contributed by atoms with van der Waals surface area (Å²) in [6, 6.07) is 15.1. The predicted molar refractivity (Wildman–Crippen MR) is 124 cm³/mol. The summed E-state index contributed by atoms with van der Waals surface area (Å²) in [6.07, 6.45) is 1.85. The highest BCUT2D eigenvalue weighted by atomic mass is 32.2. The van der Waals surface area contributed by atoms with E-state index in [0.717, 1.165) is 16.3 Å². The van der Waals surface area contributed by atoms with Crippen LogP contribution in [0.25, 0.3) is 6.08 Å². The minimum absolute atomic E-state index is 0.0360. The number of benzene rings is 2. The molecule has 0 bridgehead atoms. The number of carbonyl (C=O) groups excluding carboxylic acids is 1. The number of rotatable bonds is 8. The molecule has 160 valence electrons. The maximum Gasteiger partial charge on any atom is 0.266 e. The second-order valence-electron chi connectivity index (χ2n) is 6.61. The van der Waals surface area contributed by atoms with Crippen LogP contribution >= 0.6 is 11.8 Å². The largest absolute Gasteiger partial charge is 0.490 e. The molecule has 1 saturated heterocycles. The Labute approximate surface area is 187 Å². The van der Waals surface area contributed by atoms with Gasteiger partial charge in [0.15, 0.2) is 16.7 Å². The van der Waals surface area contributed by atoms with Crippen LogP contribution in [0.15, 0.2) is 52.4 Å². The number of nitriles is 1. The van der Waals surface area contributed by atoms with Crippen LogP contribution in [-0.2, 0) is 11.4 Å². The lowest BCUT2D eigenvalue weighted by Gasteiger charge is -2.13. The Morgan fingerprint density at radius 1 is 1.13 bits per heavy atom. The molecular formula is C24H25N3O3S. The zero-order chi connectivity index (χ0) is 22.2. The maximum atomic E-state index is 12.7. The summed E-state index contributed by atoms with van der Waals surface area (Å²) >= 11 is 1.39. The Morgan fingerprint density at radius 3 is 2.65 bits per heavy atom. The van der Waals surface area contributed by atoms with Crippen molar-refractivity contribution in [1.82, 2.24) is 4.90 Å². The van der Waals surface area contributed by atoms with Gasteiger partial charge in [-0.25, -0.2) is 0 Å². The van der Waals surface area contributed by atoms with Crippen molar-refractivity contribution in [3.05, 3.63) is 64.1 Å². The van der Waals surface area contributed by atoms with Crippen LogP contribution in [0.2, 0.25) is 0 Å².